The van der Waals surface area contributed by atoms with Crippen LogP contribution in [0.15, 0.2) is 109 Å². The lowest BCUT2D eigenvalue weighted by Gasteiger charge is -2.24. The molecule has 0 spiro atoms. The fourth-order valence-corrected chi connectivity index (χ4v) is 10.2. The first-order chi connectivity index (χ1) is 37.9. The summed E-state index contributed by atoms with van der Waals surface area (Å²) in [6.07, 6.45) is -18.2. The van der Waals surface area contributed by atoms with Gasteiger partial charge >= 0.3 is 48.5 Å². The van der Waals surface area contributed by atoms with E-state index in [-0.39, 0.29) is 38.3 Å². The first kappa shape index (κ1) is 63.2. The first-order valence-electron chi connectivity index (χ1n) is 24.2. The van der Waals surface area contributed by atoms with Crippen molar-refractivity contribution in [3.63, 3.8) is 0 Å². The van der Waals surface area contributed by atoms with Crippen LogP contribution in [0, 0.1) is 0 Å². The van der Waals surface area contributed by atoms with E-state index in [1.807, 2.05) is 26.8 Å². The number of halogens is 9. The zero-order valence-electron chi connectivity index (χ0n) is 42.7. The third kappa shape index (κ3) is 16.4. The van der Waals surface area contributed by atoms with Gasteiger partial charge in [0.15, 0.2) is 0 Å². The maximum atomic E-state index is 13.6. The largest absolute Gasteiger partial charge is 0.490 e. The molecule has 9 rings (SSSR count). The molecule has 3 aliphatic heterocycles. The van der Waals surface area contributed by atoms with E-state index in [4.69, 9.17) is 19.3 Å². The minimum Gasteiger partial charge on any atom is -0.488 e. The van der Waals surface area contributed by atoms with Gasteiger partial charge in [0.2, 0.25) is 6.10 Å². The summed E-state index contributed by atoms with van der Waals surface area (Å²) >= 11 is 1.34. The average Bonchev–Trinajstić information content (AvgIpc) is 4.46. The summed E-state index contributed by atoms with van der Waals surface area (Å²) in [5.41, 5.74) is 3.69. The molecule has 15 nitrogen and oxygen atoms in total. The van der Waals surface area contributed by atoms with E-state index >= 15 is 0 Å². The molecule has 0 saturated carbocycles. The standard InChI is InChI=1S/C25H24F3NO3S.C24H20F3NO5S.C6H3F3O5.CH4/c1-24(2,3)32-23(30)29-12-11-17-13-18(9-10-21(17)29)31-15-19-14-20(16-7-5-4-6-8-16)22(33-19)25(26,27)28;25-24(26,27)22-18(14-4-2-1-3-5-14)11-17(34-22)13-33-16-6-7-19-15(10-16)8-9-28(19)23(32)20(29)12-21(30)31;7-6(8,9)5(12)13-2-1-3(10)14-4(2)11;/h4-10,13-14H,11-12,15H2,1-3H3;1-7,10-11,20,29H,8-9,12-13H2,(H,30,31);2H,1H2;1H4/t;20-;2-;/m.00./s1. The second-order valence-electron chi connectivity index (χ2n) is 18.9. The summed E-state index contributed by atoms with van der Waals surface area (Å²) in [6.45, 7) is 6.21. The summed E-state index contributed by atoms with van der Waals surface area (Å²) in [4.78, 5) is 69.2. The van der Waals surface area contributed by atoms with E-state index in [0.29, 0.717) is 80.1 Å². The number of alkyl halides is 9. The van der Waals surface area contributed by atoms with Gasteiger partial charge in [0.05, 0.1) is 18.5 Å². The van der Waals surface area contributed by atoms with Gasteiger partial charge < -0.3 is 38.8 Å². The van der Waals surface area contributed by atoms with Crippen molar-refractivity contribution < 1.29 is 102 Å². The number of anilines is 2. The van der Waals surface area contributed by atoms with E-state index < -0.39 is 94.8 Å². The molecule has 2 atom stereocenters. The quantitative estimate of drug-likeness (QED) is 0.0509. The van der Waals surface area contributed by atoms with Crippen LogP contribution in [0.3, 0.4) is 0 Å². The van der Waals surface area contributed by atoms with Crippen LogP contribution in [-0.2, 0) is 76.6 Å². The van der Waals surface area contributed by atoms with Crippen molar-refractivity contribution in [1.82, 2.24) is 0 Å². The third-order valence-electron chi connectivity index (χ3n) is 11.7. The average molecular weight is 1200 g/mol. The Morgan fingerprint density at radius 2 is 1.12 bits per heavy atom. The third-order valence-corrected chi connectivity index (χ3v) is 14.1. The number of benzene rings is 4. The lowest BCUT2D eigenvalue weighted by molar-refractivity contribution is -0.205. The lowest BCUT2D eigenvalue weighted by atomic mass is 10.1. The Kier molecular flexibility index (Phi) is 19.9. The zero-order valence-corrected chi connectivity index (χ0v) is 44.3. The van der Waals surface area contributed by atoms with Gasteiger partial charge in [0.1, 0.15) is 46.2 Å². The van der Waals surface area contributed by atoms with Gasteiger partial charge in [0, 0.05) is 39.7 Å². The molecular formula is C56H51F9N2O13S2. The summed E-state index contributed by atoms with van der Waals surface area (Å²) < 4.78 is 141. The molecular weight excluding hydrogens is 1140 g/mol. The molecule has 5 heterocycles. The van der Waals surface area contributed by atoms with E-state index in [1.165, 1.54) is 11.0 Å². The van der Waals surface area contributed by atoms with Crippen LogP contribution in [0.5, 0.6) is 11.5 Å². The molecule has 3 aliphatic rings. The number of thiophene rings is 2. The molecule has 2 N–H and O–H groups in total. The molecule has 4 aromatic carbocycles. The molecule has 1 fully saturated rings. The number of cyclic esters (lactones) is 2. The highest BCUT2D eigenvalue weighted by Gasteiger charge is 2.46. The van der Waals surface area contributed by atoms with Crippen LogP contribution in [-0.4, -0.2) is 83.2 Å². The number of ether oxygens (including phenoxy) is 5. The molecule has 0 bridgehead atoms. The second kappa shape index (κ2) is 25.9. The molecule has 2 amide bonds. The number of nitrogens with zero attached hydrogens (tertiary/aromatic N) is 2. The van der Waals surface area contributed by atoms with E-state index in [9.17, 15) is 73.4 Å². The van der Waals surface area contributed by atoms with Crippen LogP contribution >= 0.6 is 22.7 Å². The molecule has 2 aromatic heterocycles. The number of carbonyl (C=O) groups excluding carboxylic acids is 5. The number of hydrogen-bond acceptors (Lipinski definition) is 14. The van der Waals surface area contributed by atoms with Crippen molar-refractivity contribution >= 4 is 69.9 Å². The Labute approximate surface area is 470 Å². The number of carbonyl (C=O) groups is 6. The van der Waals surface area contributed by atoms with Gasteiger partial charge in [-0.05, 0) is 104 Å². The Morgan fingerprint density at radius 3 is 1.52 bits per heavy atom. The number of fused-ring (bicyclic) bond motifs is 2. The maximum absolute atomic E-state index is 13.6. The first-order valence-corrected chi connectivity index (χ1v) is 25.8. The number of aliphatic carboxylic acids is 1. The smallest absolute Gasteiger partial charge is 0.488 e. The predicted molar refractivity (Wildman–Crippen MR) is 281 cm³/mol. The summed E-state index contributed by atoms with van der Waals surface area (Å²) in [6, 6.07) is 30.2. The van der Waals surface area contributed by atoms with E-state index in [1.54, 1.807) is 102 Å². The number of carboxylic acid groups (broad SMARTS) is 1. The highest BCUT2D eigenvalue weighted by atomic mass is 32.1. The van der Waals surface area contributed by atoms with Crippen molar-refractivity contribution in [3.8, 4) is 33.8 Å². The van der Waals surface area contributed by atoms with Gasteiger partial charge in [-0.15, -0.1) is 22.7 Å². The predicted octanol–water partition coefficient (Wildman–Crippen LogP) is 12.6. The number of aliphatic hydroxyl groups is 1. The summed E-state index contributed by atoms with van der Waals surface area (Å²) in [5.74, 6) is -5.81. The summed E-state index contributed by atoms with van der Waals surface area (Å²) in [5, 5.41) is 18.6. The van der Waals surface area contributed by atoms with Crippen LogP contribution in [0.25, 0.3) is 22.3 Å². The fourth-order valence-electron chi connectivity index (χ4n) is 8.26. The van der Waals surface area contributed by atoms with Gasteiger partial charge in [-0.1, -0.05) is 68.1 Å². The molecule has 438 valence electrons. The van der Waals surface area contributed by atoms with Crippen molar-refractivity contribution in [2.75, 3.05) is 22.9 Å². The monoisotopic (exact) mass is 1190 g/mol. The van der Waals surface area contributed by atoms with Crippen LogP contribution < -0.4 is 19.3 Å². The molecule has 0 radical (unpaired) electrons. The van der Waals surface area contributed by atoms with E-state index in [0.717, 1.165) is 16.8 Å². The minimum absolute atomic E-state index is 0. The number of aliphatic hydroxyl groups excluding tert-OH is 1. The number of carboxylic acids is 1. The van der Waals surface area contributed by atoms with E-state index in [2.05, 4.69) is 9.47 Å². The maximum Gasteiger partial charge on any atom is 0.490 e. The molecule has 1 saturated heterocycles. The van der Waals surface area contributed by atoms with Gasteiger partial charge in [-0.25, -0.2) is 14.4 Å². The number of rotatable bonds is 12. The van der Waals surface area contributed by atoms with Crippen LogP contribution in [0.2, 0.25) is 0 Å². The Hall–Kier alpha value is -7.97. The van der Waals surface area contributed by atoms with Crippen molar-refractivity contribution in [3.05, 3.63) is 140 Å². The topological polar surface area (TPSA) is 196 Å². The van der Waals surface area contributed by atoms with Crippen LogP contribution in [0.1, 0.15) is 71.7 Å². The number of amides is 2. The SMILES string of the molecule is C.CC(C)(C)OC(=O)N1CCc2cc(OCc3cc(-c4ccccc4)c(C(F)(F)F)s3)ccc21.O=C(O)C[C@H](O)C(=O)N1CCc2cc(OCc3cc(-c4ccccc4)c(C(F)(F)F)s3)ccc21.O=C1C[C@H](OC(=O)C(F)(F)F)C(=O)O1. The molecule has 0 unspecified atom stereocenters. The molecule has 26 heteroatoms. The van der Waals surface area contributed by atoms with Gasteiger partial charge in [-0.2, -0.15) is 39.5 Å². The van der Waals surface area contributed by atoms with Gasteiger partial charge in [0.25, 0.3) is 5.91 Å². The fraction of sp³-hybridized carbons (Fsp3) is 0.321. The minimum atomic E-state index is -5.19. The van der Waals surface area contributed by atoms with Crippen LogP contribution in [0.4, 0.5) is 55.7 Å². The molecule has 0 aliphatic carbocycles. The number of esters is 3. The van der Waals surface area contributed by atoms with Crippen molar-refractivity contribution in [2.45, 2.75) is 103 Å². The number of hydrogen-bond donors (Lipinski definition) is 2. The molecule has 6 aromatic rings. The van der Waals surface area contributed by atoms with Crippen molar-refractivity contribution in [1.29, 1.82) is 0 Å². The lowest BCUT2D eigenvalue weighted by Crippen LogP contribution is -2.39. The Bertz CT molecular complexity index is 3280. The second-order valence-corrected chi connectivity index (χ2v) is 21.2. The van der Waals surface area contributed by atoms with Crippen molar-refractivity contribution in [2.24, 2.45) is 0 Å². The highest BCUT2D eigenvalue weighted by molar-refractivity contribution is 7.13. The highest BCUT2D eigenvalue weighted by Crippen LogP contribution is 2.45. The van der Waals surface area contributed by atoms with Gasteiger partial charge in [-0.3, -0.25) is 19.3 Å². The normalized spacial score (nSPS) is 15.1. The summed E-state index contributed by atoms with van der Waals surface area (Å²) in [7, 11) is 0. The Morgan fingerprint density at radius 1 is 0.671 bits per heavy atom. The zero-order chi connectivity index (χ0) is 59.2. The molecule has 82 heavy (non-hydrogen) atoms. The Balaban J connectivity index is 0.000000213.